The lowest BCUT2D eigenvalue weighted by Gasteiger charge is -2.17. The van der Waals surface area contributed by atoms with Gasteiger partial charge >= 0.3 is 0 Å². The molecule has 0 radical (unpaired) electrons. The van der Waals surface area contributed by atoms with Gasteiger partial charge in [0, 0.05) is 29.0 Å². The van der Waals surface area contributed by atoms with Gasteiger partial charge in [0.2, 0.25) is 0 Å². The molecule has 1 fully saturated rings. The summed E-state index contributed by atoms with van der Waals surface area (Å²) in [5, 5.41) is 3.58. The molecule has 4 nitrogen and oxygen atoms in total. The minimum absolute atomic E-state index is 0.468. The summed E-state index contributed by atoms with van der Waals surface area (Å²) in [6.45, 7) is 0.915. The zero-order valence-corrected chi connectivity index (χ0v) is 18.8. The van der Waals surface area contributed by atoms with Gasteiger partial charge in [-0.2, -0.15) is 0 Å². The van der Waals surface area contributed by atoms with E-state index in [1.807, 2.05) is 12.1 Å². The molecule has 0 unspecified atom stereocenters. The van der Waals surface area contributed by atoms with Gasteiger partial charge in [-0.25, -0.2) is 0 Å². The number of rotatable bonds is 6. The zero-order valence-electron chi connectivity index (χ0n) is 18.0. The SMILES string of the molecule is COc1ccc(-c2csc(=NC3CCCCC3)n2CCc2c[nH]c3ccccc23)cc1. The van der Waals surface area contributed by atoms with Gasteiger partial charge < -0.3 is 14.3 Å². The van der Waals surface area contributed by atoms with Crippen LogP contribution in [0.4, 0.5) is 0 Å². The van der Waals surface area contributed by atoms with Crippen molar-refractivity contribution < 1.29 is 4.74 Å². The van der Waals surface area contributed by atoms with Gasteiger partial charge in [-0.15, -0.1) is 11.3 Å². The van der Waals surface area contributed by atoms with Crippen LogP contribution >= 0.6 is 11.3 Å². The molecule has 0 aliphatic heterocycles. The molecule has 0 atom stereocenters. The van der Waals surface area contributed by atoms with Gasteiger partial charge in [-0.05, 0) is 60.7 Å². The number of methoxy groups -OCH3 is 1. The Hall–Kier alpha value is -2.79. The van der Waals surface area contributed by atoms with Crippen molar-refractivity contribution in [2.75, 3.05) is 7.11 Å². The van der Waals surface area contributed by atoms with E-state index < -0.39 is 0 Å². The summed E-state index contributed by atoms with van der Waals surface area (Å²) in [5.41, 5.74) is 5.01. The van der Waals surface area contributed by atoms with E-state index in [0.29, 0.717) is 6.04 Å². The van der Waals surface area contributed by atoms with Crippen LogP contribution in [0.15, 0.2) is 65.1 Å². The lowest BCUT2D eigenvalue weighted by Crippen LogP contribution is -2.22. The maximum Gasteiger partial charge on any atom is 0.185 e. The third-order valence-electron chi connectivity index (χ3n) is 6.33. The number of para-hydroxylation sites is 1. The molecule has 1 saturated carbocycles. The van der Waals surface area contributed by atoms with Gasteiger partial charge in [0.05, 0.1) is 18.8 Å². The topological polar surface area (TPSA) is 42.3 Å². The normalized spacial score (nSPS) is 15.6. The smallest absolute Gasteiger partial charge is 0.185 e. The summed E-state index contributed by atoms with van der Waals surface area (Å²) in [7, 11) is 1.71. The Labute approximate surface area is 187 Å². The van der Waals surface area contributed by atoms with Crippen LogP contribution in [0.25, 0.3) is 22.2 Å². The third kappa shape index (κ3) is 4.33. The number of aromatic amines is 1. The first kappa shape index (κ1) is 20.1. The second-order valence-electron chi connectivity index (χ2n) is 8.31. The molecule has 0 bridgehead atoms. The van der Waals surface area contributed by atoms with E-state index in [2.05, 4.69) is 57.5 Å². The molecule has 2 aromatic carbocycles. The van der Waals surface area contributed by atoms with E-state index in [-0.39, 0.29) is 0 Å². The molecular weight excluding hydrogens is 402 g/mol. The van der Waals surface area contributed by atoms with Crippen molar-refractivity contribution in [1.82, 2.24) is 9.55 Å². The minimum Gasteiger partial charge on any atom is -0.497 e. The molecule has 0 amide bonds. The van der Waals surface area contributed by atoms with Gasteiger partial charge in [0.15, 0.2) is 4.80 Å². The number of H-pyrrole nitrogens is 1. The number of aryl methyl sites for hydroxylation is 1. The largest absolute Gasteiger partial charge is 0.497 e. The summed E-state index contributed by atoms with van der Waals surface area (Å²) < 4.78 is 7.77. The molecule has 1 aliphatic rings. The second kappa shape index (κ2) is 9.15. The molecule has 2 heterocycles. The van der Waals surface area contributed by atoms with Crippen LogP contribution in [0.2, 0.25) is 0 Å². The molecule has 31 heavy (non-hydrogen) atoms. The number of thiazole rings is 1. The van der Waals surface area contributed by atoms with E-state index >= 15 is 0 Å². The highest BCUT2D eigenvalue weighted by Crippen LogP contribution is 2.25. The number of benzene rings is 2. The van der Waals surface area contributed by atoms with Crippen LogP contribution in [-0.4, -0.2) is 22.7 Å². The van der Waals surface area contributed by atoms with Crippen LogP contribution in [0.1, 0.15) is 37.7 Å². The molecule has 1 N–H and O–H groups in total. The van der Waals surface area contributed by atoms with E-state index in [4.69, 9.17) is 9.73 Å². The lowest BCUT2D eigenvalue weighted by atomic mass is 9.96. The number of aromatic nitrogens is 2. The first-order valence-corrected chi connectivity index (χ1v) is 12.1. The fraction of sp³-hybridized carbons (Fsp3) is 0.346. The molecule has 0 saturated heterocycles. The molecule has 5 heteroatoms. The van der Waals surface area contributed by atoms with Crippen LogP contribution in [0.3, 0.4) is 0 Å². The van der Waals surface area contributed by atoms with E-state index in [9.17, 15) is 0 Å². The number of nitrogens with zero attached hydrogens (tertiary/aromatic N) is 2. The molecule has 160 valence electrons. The zero-order chi connectivity index (χ0) is 21.0. The average molecular weight is 432 g/mol. The first-order valence-electron chi connectivity index (χ1n) is 11.2. The van der Waals surface area contributed by atoms with Crippen LogP contribution in [0.5, 0.6) is 5.75 Å². The highest BCUT2D eigenvalue weighted by atomic mass is 32.1. The highest BCUT2D eigenvalue weighted by molar-refractivity contribution is 7.07. The van der Waals surface area contributed by atoms with E-state index in [0.717, 1.165) is 23.5 Å². The summed E-state index contributed by atoms with van der Waals surface area (Å²) in [6.07, 6.45) is 9.54. The monoisotopic (exact) mass is 431 g/mol. The molecule has 1 aliphatic carbocycles. The Balaban J connectivity index is 1.50. The second-order valence-corrected chi connectivity index (χ2v) is 9.15. The number of hydrogen-bond donors (Lipinski definition) is 1. The van der Waals surface area contributed by atoms with Gasteiger partial charge in [-0.3, -0.25) is 4.99 Å². The maximum absolute atomic E-state index is 5.35. The summed E-state index contributed by atoms with van der Waals surface area (Å²) in [4.78, 5) is 9.77. The van der Waals surface area contributed by atoms with Gasteiger partial charge in [0.25, 0.3) is 0 Å². The average Bonchev–Trinajstić information content (AvgIpc) is 3.42. The maximum atomic E-state index is 5.35. The van der Waals surface area contributed by atoms with Crippen LogP contribution < -0.4 is 9.54 Å². The Morgan fingerprint density at radius 2 is 1.87 bits per heavy atom. The molecular formula is C26H29N3OS. The number of ether oxygens (including phenoxy) is 1. The van der Waals surface area contributed by atoms with Crippen molar-refractivity contribution >= 4 is 22.2 Å². The molecule has 5 rings (SSSR count). The number of fused-ring (bicyclic) bond motifs is 1. The lowest BCUT2D eigenvalue weighted by molar-refractivity contribution is 0.415. The van der Waals surface area contributed by atoms with Crippen LogP contribution in [0, 0.1) is 0 Å². The Morgan fingerprint density at radius 3 is 2.68 bits per heavy atom. The minimum atomic E-state index is 0.468. The highest BCUT2D eigenvalue weighted by Gasteiger charge is 2.15. The van der Waals surface area contributed by atoms with Crippen molar-refractivity contribution in [2.45, 2.75) is 51.1 Å². The fourth-order valence-electron chi connectivity index (χ4n) is 4.58. The Morgan fingerprint density at radius 1 is 1.06 bits per heavy atom. The predicted molar refractivity (Wildman–Crippen MR) is 129 cm³/mol. The Kier molecular flexibility index (Phi) is 5.94. The van der Waals surface area contributed by atoms with Gasteiger partial charge in [0.1, 0.15) is 5.75 Å². The summed E-state index contributed by atoms with van der Waals surface area (Å²) in [6, 6.07) is 17.4. The fourth-order valence-corrected chi connectivity index (χ4v) is 5.58. The van der Waals surface area contributed by atoms with Crippen LogP contribution in [-0.2, 0) is 13.0 Å². The summed E-state index contributed by atoms with van der Waals surface area (Å²) >= 11 is 1.77. The quantitative estimate of drug-likeness (QED) is 0.389. The first-order chi connectivity index (χ1) is 15.3. The van der Waals surface area contributed by atoms with E-state index in [1.54, 1.807) is 18.4 Å². The van der Waals surface area contributed by atoms with Gasteiger partial charge in [-0.1, -0.05) is 37.5 Å². The molecule has 0 spiro atoms. The Bertz CT molecular complexity index is 1210. The third-order valence-corrected chi connectivity index (χ3v) is 7.21. The van der Waals surface area contributed by atoms with E-state index in [1.165, 1.54) is 59.8 Å². The number of nitrogens with one attached hydrogen (secondary N) is 1. The standard InChI is InChI=1S/C26H29N3OS/c1-30-22-13-11-19(12-14-22)25-18-31-26(28-21-7-3-2-4-8-21)29(25)16-15-20-17-27-24-10-6-5-9-23(20)24/h5-6,9-14,17-18,21,27H,2-4,7-8,15-16H2,1H3. The predicted octanol–water partition coefficient (Wildman–Crippen LogP) is 6.18. The molecule has 4 aromatic rings. The van der Waals surface area contributed by atoms with Crippen molar-refractivity contribution in [2.24, 2.45) is 4.99 Å². The van der Waals surface area contributed by atoms with Crippen molar-refractivity contribution in [3.8, 4) is 17.0 Å². The van der Waals surface area contributed by atoms with Crippen molar-refractivity contribution in [3.63, 3.8) is 0 Å². The molecule has 2 aromatic heterocycles. The van der Waals surface area contributed by atoms with Crippen molar-refractivity contribution in [1.29, 1.82) is 0 Å². The number of hydrogen-bond acceptors (Lipinski definition) is 3. The summed E-state index contributed by atoms with van der Waals surface area (Å²) in [5.74, 6) is 0.886. The van der Waals surface area contributed by atoms with Crippen molar-refractivity contribution in [3.05, 3.63) is 70.5 Å².